The van der Waals surface area contributed by atoms with E-state index in [4.69, 9.17) is 16.4 Å². The van der Waals surface area contributed by atoms with Gasteiger partial charge in [-0.05, 0) is 56.9 Å². The molecule has 1 saturated heterocycles. The number of hydrogen-bond acceptors (Lipinski definition) is 7. The normalized spacial score (nSPS) is 21.0. The van der Waals surface area contributed by atoms with Crippen molar-refractivity contribution in [1.82, 2.24) is 15.5 Å². The van der Waals surface area contributed by atoms with E-state index in [0.29, 0.717) is 48.3 Å². The lowest BCUT2D eigenvalue weighted by atomic mass is 10.0. The van der Waals surface area contributed by atoms with Crippen molar-refractivity contribution >= 4 is 47.4 Å². The minimum Gasteiger partial charge on any atom is -0.370 e. The van der Waals surface area contributed by atoms with Gasteiger partial charge in [0.2, 0.25) is 11.8 Å². The van der Waals surface area contributed by atoms with Crippen molar-refractivity contribution in [3.63, 3.8) is 0 Å². The standard InChI is InChI=1S/C23H30ClN5O3.C2H6.CH2O/c1-14-26-20(18-8-7-16(24)11-19(18)28-23(32)15-5-6-15)12-22(31)29(14)10-9-25-13-17-3-2-4-21(30)27-17;2*1-2/h7-8,11-12,15,17,22,25,31H,2-6,9-10,13H2,1H3,(H,27,30)(H,28,32);1-2H3;1H2. The minimum absolute atomic E-state index is 0.00645. The number of aliphatic hydroxyl groups is 1. The largest absolute Gasteiger partial charge is 0.370 e. The number of amides is 2. The fraction of sp³-hybridized carbons (Fsp3) is 0.538. The Morgan fingerprint density at radius 1 is 1.28 bits per heavy atom. The fourth-order valence-corrected chi connectivity index (χ4v) is 4.25. The van der Waals surface area contributed by atoms with Gasteiger partial charge in [-0.3, -0.25) is 9.59 Å². The first-order valence-corrected chi connectivity index (χ1v) is 12.9. The van der Waals surface area contributed by atoms with Gasteiger partial charge in [0, 0.05) is 48.6 Å². The SMILES string of the molecule is C=O.CC.CC1=NC(c2ccc(Cl)cc2NC(=O)C2CC2)=CC(O)N1CCNCC1CCCC(=O)N1. The zero-order valence-electron chi connectivity index (χ0n) is 21.3. The zero-order chi connectivity index (χ0) is 26.7. The van der Waals surface area contributed by atoms with Crippen LogP contribution in [0.25, 0.3) is 5.70 Å². The number of halogens is 1. The first-order valence-electron chi connectivity index (χ1n) is 12.5. The maximum absolute atomic E-state index is 12.3. The summed E-state index contributed by atoms with van der Waals surface area (Å²) in [6, 6.07) is 5.45. The maximum atomic E-state index is 12.3. The number of nitrogens with one attached hydrogen (secondary N) is 3. The van der Waals surface area contributed by atoms with E-state index in [1.54, 1.807) is 18.2 Å². The number of aliphatic imine (C=N–C) groups is 1. The molecule has 2 fully saturated rings. The summed E-state index contributed by atoms with van der Waals surface area (Å²) >= 11 is 6.16. The summed E-state index contributed by atoms with van der Waals surface area (Å²) in [6.45, 7) is 9.80. The van der Waals surface area contributed by atoms with E-state index in [1.165, 1.54) is 0 Å². The van der Waals surface area contributed by atoms with Crippen LogP contribution in [0.2, 0.25) is 5.02 Å². The molecule has 10 heteroatoms. The third kappa shape index (κ3) is 8.43. The molecule has 198 valence electrons. The number of piperidine rings is 1. The van der Waals surface area contributed by atoms with Crippen molar-refractivity contribution < 1.29 is 19.5 Å². The van der Waals surface area contributed by atoms with Gasteiger partial charge < -0.3 is 30.8 Å². The molecule has 4 rings (SSSR count). The highest BCUT2D eigenvalue weighted by molar-refractivity contribution is 6.31. The van der Waals surface area contributed by atoms with Crippen LogP contribution in [0.4, 0.5) is 5.69 Å². The molecule has 3 aliphatic rings. The number of carbonyl (C=O) groups excluding carboxylic acids is 3. The van der Waals surface area contributed by atoms with Crippen LogP contribution in [0.3, 0.4) is 0 Å². The van der Waals surface area contributed by atoms with Crippen molar-refractivity contribution in [1.29, 1.82) is 0 Å². The van der Waals surface area contributed by atoms with Crippen LogP contribution < -0.4 is 16.0 Å². The van der Waals surface area contributed by atoms with Gasteiger partial charge in [0.25, 0.3) is 0 Å². The summed E-state index contributed by atoms with van der Waals surface area (Å²) in [5.41, 5.74) is 1.94. The molecule has 0 aromatic heterocycles. The van der Waals surface area contributed by atoms with Crippen LogP contribution in [0, 0.1) is 5.92 Å². The molecule has 0 spiro atoms. The van der Waals surface area contributed by atoms with Crippen LogP contribution in [-0.2, 0) is 14.4 Å². The topological polar surface area (TPSA) is 123 Å². The number of benzene rings is 1. The fourth-order valence-electron chi connectivity index (χ4n) is 4.08. The van der Waals surface area contributed by atoms with Crippen LogP contribution in [-0.4, -0.2) is 66.3 Å². The highest BCUT2D eigenvalue weighted by atomic mass is 35.5. The summed E-state index contributed by atoms with van der Waals surface area (Å²) in [4.78, 5) is 38.3. The smallest absolute Gasteiger partial charge is 0.227 e. The highest BCUT2D eigenvalue weighted by Gasteiger charge is 2.30. The summed E-state index contributed by atoms with van der Waals surface area (Å²) < 4.78 is 0. The third-order valence-electron chi connectivity index (χ3n) is 6.03. The van der Waals surface area contributed by atoms with Crippen LogP contribution in [0.1, 0.15) is 58.4 Å². The van der Waals surface area contributed by atoms with Gasteiger partial charge in [0.1, 0.15) is 18.9 Å². The number of anilines is 1. The van der Waals surface area contributed by atoms with Crippen molar-refractivity contribution in [2.24, 2.45) is 10.9 Å². The van der Waals surface area contributed by atoms with E-state index in [9.17, 15) is 14.7 Å². The molecular formula is C26H38ClN5O4. The first kappa shape index (κ1) is 29.5. The Hall–Kier alpha value is -2.75. The van der Waals surface area contributed by atoms with E-state index in [1.807, 2.05) is 38.5 Å². The lowest BCUT2D eigenvalue weighted by Crippen LogP contribution is -2.48. The van der Waals surface area contributed by atoms with E-state index >= 15 is 0 Å². The summed E-state index contributed by atoms with van der Waals surface area (Å²) in [5.74, 6) is 0.873. The molecule has 2 heterocycles. The Morgan fingerprint density at radius 2 is 2.00 bits per heavy atom. The Balaban J connectivity index is 0.00000109. The van der Waals surface area contributed by atoms with E-state index in [-0.39, 0.29) is 23.8 Å². The zero-order valence-corrected chi connectivity index (χ0v) is 22.1. The molecule has 2 aliphatic heterocycles. The number of aliphatic hydroxyl groups excluding tert-OH is 1. The Kier molecular flexibility index (Phi) is 12.1. The van der Waals surface area contributed by atoms with Gasteiger partial charge in [-0.15, -0.1) is 0 Å². The molecule has 0 bridgehead atoms. The second-order valence-electron chi connectivity index (χ2n) is 8.63. The molecule has 1 aliphatic carbocycles. The highest BCUT2D eigenvalue weighted by Crippen LogP contribution is 2.34. The Bertz CT molecular complexity index is 964. The second kappa shape index (κ2) is 14.7. The summed E-state index contributed by atoms with van der Waals surface area (Å²) in [7, 11) is 0. The maximum Gasteiger partial charge on any atom is 0.227 e. The van der Waals surface area contributed by atoms with Crippen molar-refractivity contribution in [3.8, 4) is 0 Å². The van der Waals surface area contributed by atoms with Crippen molar-refractivity contribution in [2.45, 2.75) is 65.1 Å². The molecule has 1 aromatic rings. The molecule has 1 aromatic carbocycles. The lowest BCUT2D eigenvalue weighted by molar-refractivity contribution is -0.123. The molecule has 0 radical (unpaired) electrons. The predicted octanol–water partition coefficient (Wildman–Crippen LogP) is 3.18. The molecule has 1 saturated carbocycles. The van der Waals surface area contributed by atoms with Crippen molar-refractivity contribution in [2.75, 3.05) is 25.0 Å². The number of hydrogen-bond donors (Lipinski definition) is 4. The van der Waals surface area contributed by atoms with Gasteiger partial charge in [-0.25, -0.2) is 4.99 Å². The molecular weight excluding hydrogens is 482 g/mol. The van der Waals surface area contributed by atoms with Crippen LogP contribution >= 0.6 is 11.6 Å². The number of carbonyl (C=O) groups is 3. The summed E-state index contributed by atoms with van der Waals surface area (Å²) in [6.07, 6.45) is 5.20. The average molecular weight is 520 g/mol. The van der Waals surface area contributed by atoms with Gasteiger partial charge in [0.15, 0.2) is 0 Å². The van der Waals surface area contributed by atoms with E-state index < -0.39 is 6.23 Å². The van der Waals surface area contributed by atoms with Gasteiger partial charge in [0.05, 0.1) is 11.4 Å². The molecule has 2 atom stereocenters. The van der Waals surface area contributed by atoms with Crippen LogP contribution in [0.5, 0.6) is 0 Å². The quantitative estimate of drug-likeness (QED) is 0.391. The third-order valence-corrected chi connectivity index (χ3v) is 6.26. The monoisotopic (exact) mass is 519 g/mol. The van der Waals surface area contributed by atoms with Gasteiger partial charge in [-0.1, -0.05) is 25.4 Å². The molecule has 2 amide bonds. The van der Waals surface area contributed by atoms with Crippen molar-refractivity contribution in [3.05, 3.63) is 34.9 Å². The van der Waals surface area contributed by atoms with Gasteiger partial charge in [-0.2, -0.15) is 0 Å². The lowest BCUT2D eigenvalue weighted by Gasteiger charge is -2.32. The predicted molar refractivity (Wildman–Crippen MR) is 144 cm³/mol. The summed E-state index contributed by atoms with van der Waals surface area (Å²) in [5, 5.41) is 20.6. The molecule has 36 heavy (non-hydrogen) atoms. The number of rotatable bonds is 8. The average Bonchev–Trinajstić information content (AvgIpc) is 3.71. The molecule has 9 nitrogen and oxygen atoms in total. The van der Waals surface area contributed by atoms with E-state index in [2.05, 4.69) is 20.9 Å². The first-order chi connectivity index (χ1) is 17.4. The number of nitrogens with zero attached hydrogens (tertiary/aromatic N) is 2. The number of amidine groups is 1. The molecule has 2 unspecified atom stereocenters. The Labute approximate surface area is 218 Å². The van der Waals surface area contributed by atoms with Gasteiger partial charge >= 0.3 is 0 Å². The van der Waals surface area contributed by atoms with Crippen LogP contribution in [0.15, 0.2) is 29.3 Å². The minimum atomic E-state index is -0.832. The second-order valence-corrected chi connectivity index (χ2v) is 9.07. The molecule has 4 N–H and O–H groups in total. The Morgan fingerprint density at radius 3 is 2.64 bits per heavy atom. The van der Waals surface area contributed by atoms with E-state index in [0.717, 1.165) is 31.2 Å².